The molecule has 3 nitrogen and oxygen atoms in total. The summed E-state index contributed by atoms with van der Waals surface area (Å²) in [6.07, 6.45) is 3.84. The topological polar surface area (TPSA) is 38.5 Å². The predicted molar refractivity (Wildman–Crippen MR) is 82.6 cm³/mol. The molecule has 0 unspecified atom stereocenters. The van der Waals surface area contributed by atoms with Crippen molar-refractivity contribution in [2.45, 2.75) is 38.8 Å². The molecule has 0 heterocycles. The monoisotopic (exact) mass is 272 g/mol. The molecule has 0 radical (unpaired) electrons. The first-order chi connectivity index (χ1) is 9.78. The maximum Gasteiger partial charge on any atom is 0.119 e. The third-order valence-electron chi connectivity index (χ3n) is 3.59. The van der Waals surface area contributed by atoms with Crippen molar-refractivity contribution < 1.29 is 4.74 Å². The van der Waals surface area contributed by atoms with Gasteiger partial charge in [0.25, 0.3) is 0 Å². The van der Waals surface area contributed by atoms with Gasteiger partial charge in [0.05, 0.1) is 13.7 Å². The van der Waals surface area contributed by atoms with Crippen LogP contribution in [-0.2, 0) is 6.54 Å². The highest BCUT2D eigenvalue weighted by atomic mass is 16.5. The Morgan fingerprint density at radius 3 is 2.80 bits per heavy atom. The van der Waals surface area contributed by atoms with Gasteiger partial charge in [0.15, 0.2) is 0 Å². The van der Waals surface area contributed by atoms with Crippen LogP contribution in [0.1, 0.15) is 37.3 Å². The van der Waals surface area contributed by atoms with Gasteiger partial charge in [-0.15, -0.1) is 0 Å². The number of methoxy groups -OCH3 is 1. The van der Waals surface area contributed by atoms with Gasteiger partial charge in [-0.25, -0.2) is 0 Å². The second-order valence-electron chi connectivity index (χ2n) is 5.23. The van der Waals surface area contributed by atoms with Crippen LogP contribution >= 0.6 is 0 Å². The molecule has 2 N–H and O–H groups in total. The molecule has 0 spiro atoms. The van der Waals surface area contributed by atoms with Crippen molar-refractivity contribution in [3.05, 3.63) is 29.3 Å². The SMILES string of the molecule is CCCN(Cc1cc(OC)ccc1C#CCN)C1CC1. The van der Waals surface area contributed by atoms with Gasteiger partial charge in [-0.3, -0.25) is 4.90 Å². The fourth-order valence-electron chi connectivity index (χ4n) is 2.43. The Morgan fingerprint density at radius 2 is 2.20 bits per heavy atom. The zero-order chi connectivity index (χ0) is 14.4. The van der Waals surface area contributed by atoms with Crippen LogP contribution in [0.3, 0.4) is 0 Å². The molecule has 0 atom stereocenters. The Morgan fingerprint density at radius 1 is 1.40 bits per heavy atom. The highest BCUT2D eigenvalue weighted by molar-refractivity contribution is 5.45. The fourth-order valence-corrected chi connectivity index (χ4v) is 2.43. The molecule has 1 aromatic carbocycles. The van der Waals surface area contributed by atoms with Crippen LogP contribution in [0.4, 0.5) is 0 Å². The summed E-state index contributed by atoms with van der Waals surface area (Å²) in [6.45, 7) is 4.72. The smallest absolute Gasteiger partial charge is 0.119 e. The van der Waals surface area contributed by atoms with Gasteiger partial charge in [0, 0.05) is 18.2 Å². The highest BCUT2D eigenvalue weighted by Crippen LogP contribution is 2.29. The number of nitrogens with two attached hydrogens (primary N) is 1. The van der Waals surface area contributed by atoms with Gasteiger partial charge in [-0.1, -0.05) is 18.8 Å². The predicted octanol–water partition coefficient (Wildman–Crippen LogP) is 2.38. The summed E-state index contributed by atoms with van der Waals surface area (Å²) in [5.41, 5.74) is 7.79. The number of benzene rings is 1. The van der Waals surface area contributed by atoms with Crippen LogP contribution in [0, 0.1) is 11.8 Å². The average molecular weight is 272 g/mol. The van der Waals surface area contributed by atoms with E-state index < -0.39 is 0 Å². The average Bonchev–Trinajstić information content (AvgIpc) is 3.30. The van der Waals surface area contributed by atoms with Crippen molar-refractivity contribution in [1.29, 1.82) is 0 Å². The molecule has 1 saturated carbocycles. The lowest BCUT2D eigenvalue weighted by Gasteiger charge is -2.22. The lowest BCUT2D eigenvalue weighted by molar-refractivity contribution is 0.255. The van der Waals surface area contributed by atoms with E-state index in [1.54, 1.807) is 7.11 Å². The third-order valence-corrected chi connectivity index (χ3v) is 3.59. The molecule has 1 aliphatic carbocycles. The Hall–Kier alpha value is -1.50. The van der Waals surface area contributed by atoms with Gasteiger partial charge in [0.1, 0.15) is 5.75 Å². The van der Waals surface area contributed by atoms with Crippen molar-refractivity contribution in [1.82, 2.24) is 4.90 Å². The van der Waals surface area contributed by atoms with Crippen LogP contribution in [0.15, 0.2) is 18.2 Å². The zero-order valence-corrected chi connectivity index (χ0v) is 12.5. The molecule has 20 heavy (non-hydrogen) atoms. The van der Waals surface area contributed by atoms with Gasteiger partial charge in [-0.2, -0.15) is 0 Å². The summed E-state index contributed by atoms with van der Waals surface area (Å²) >= 11 is 0. The molecule has 1 fully saturated rings. The van der Waals surface area contributed by atoms with Crippen LogP contribution in [-0.4, -0.2) is 31.1 Å². The van der Waals surface area contributed by atoms with E-state index in [1.807, 2.05) is 12.1 Å². The first kappa shape index (κ1) is 14.9. The molecular weight excluding hydrogens is 248 g/mol. The number of ether oxygens (including phenoxy) is 1. The minimum Gasteiger partial charge on any atom is -0.497 e. The molecule has 0 bridgehead atoms. The first-order valence-corrected chi connectivity index (χ1v) is 7.38. The Balaban J connectivity index is 2.21. The standard InChI is InChI=1S/C17H24N2O/c1-3-11-19(16-7-8-16)13-15-12-17(20-2)9-6-14(15)5-4-10-18/h6,9,12,16H,3,7-8,10-11,13,18H2,1-2H3. The van der Waals surface area contributed by atoms with Crippen molar-refractivity contribution in [3.63, 3.8) is 0 Å². The molecule has 1 aromatic rings. The molecule has 1 aliphatic rings. The number of hydrogen-bond acceptors (Lipinski definition) is 3. The molecule has 2 rings (SSSR count). The van der Waals surface area contributed by atoms with E-state index >= 15 is 0 Å². The summed E-state index contributed by atoms with van der Waals surface area (Å²) in [5.74, 6) is 7.02. The normalized spacial score (nSPS) is 14.0. The van der Waals surface area contributed by atoms with Gasteiger partial charge >= 0.3 is 0 Å². The summed E-state index contributed by atoms with van der Waals surface area (Å²) < 4.78 is 5.34. The second-order valence-corrected chi connectivity index (χ2v) is 5.23. The largest absolute Gasteiger partial charge is 0.497 e. The van der Waals surface area contributed by atoms with E-state index in [2.05, 4.69) is 29.7 Å². The quantitative estimate of drug-likeness (QED) is 0.808. The third kappa shape index (κ3) is 4.00. The summed E-state index contributed by atoms with van der Waals surface area (Å²) in [7, 11) is 1.70. The fraction of sp³-hybridized carbons (Fsp3) is 0.529. The molecule has 0 aromatic heterocycles. The zero-order valence-electron chi connectivity index (χ0n) is 12.5. The van der Waals surface area contributed by atoms with Gasteiger partial charge in [0.2, 0.25) is 0 Å². The molecular formula is C17H24N2O. The molecule has 0 aliphatic heterocycles. The Kier molecular flexibility index (Phi) is 5.46. The number of hydrogen-bond donors (Lipinski definition) is 1. The van der Waals surface area contributed by atoms with Gasteiger partial charge in [-0.05, 0) is 49.6 Å². The summed E-state index contributed by atoms with van der Waals surface area (Å²) in [4.78, 5) is 2.56. The maximum atomic E-state index is 5.48. The van der Waals surface area contributed by atoms with Crippen molar-refractivity contribution in [3.8, 4) is 17.6 Å². The Labute approximate surface area is 122 Å². The van der Waals surface area contributed by atoms with E-state index in [4.69, 9.17) is 10.5 Å². The van der Waals surface area contributed by atoms with Crippen LogP contribution in [0.5, 0.6) is 5.75 Å². The minimum atomic E-state index is 0.396. The Bertz CT molecular complexity index is 497. The van der Waals surface area contributed by atoms with Gasteiger partial charge < -0.3 is 10.5 Å². The van der Waals surface area contributed by atoms with E-state index in [0.717, 1.165) is 30.4 Å². The van der Waals surface area contributed by atoms with Crippen molar-refractivity contribution >= 4 is 0 Å². The van der Waals surface area contributed by atoms with Crippen LogP contribution in [0.2, 0.25) is 0 Å². The lowest BCUT2D eigenvalue weighted by atomic mass is 10.1. The van der Waals surface area contributed by atoms with E-state index in [9.17, 15) is 0 Å². The van der Waals surface area contributed by atoms with Crippen molar-refractivity contribution in [2.24, 2.45) is 5.73 Å². The van der Waals surface area contributed by atoms with E-state index in [-0.39, 0.29) is 0 Å². The first-order valence-electron chi connectivity index (χ1n) is 7.38. The molecule has 3 heteroatoms. The lowest BCUT2D eigenvalue weighted by Crippen LogP contribution is -2.26. The van der Waals surface area contributed by atoms with Crippen molar-refractivity contribution in [2.75, 3.05) is 20.2 Å². The summed E-state index contributed by atoms with van der Waals surface area (Å²) in [6, 6.07) is 6.86. The minimum absolute atomic E-state index is 0.396. The number of nitrogens with zero attached hydrogens (tertiary/aromatic N) is 1. The van der Waals surface area contributed by atoms with E-state index in [0.29, 0.717) is 6.54 Å². The molecule has 0 amide bonds. The molecule has 0 saturated heterocycles. The van der Waals surface area contributed by atoms with Crippen LogP contribution in [0.25, 0.3) is 0 Å². The van der Waals surface area contributed by atoms with E-state index in [1.165, 1.54) is 24.8 Å². The number of rotatable bonds is 6. The second kappa shape index (κ2) is 7.33. The maximum absolute atomic E-state index is 5.48. The molecule has 108 valence electrons. The van der Waals surface area contributed by atoms with Crippen LogP contribution < -0.4 is 10.5 Å². The highest BCUT2D eigenvalue weighted by Gasteiger charge is 2.28. The summed E-state index contributed by atoms with van der Waals surface area (Å²) in [5, 5.41) is 0.